The molecule has 8 heteroatoms. The zero-order chi connectivity index (χ0) is 18.5. The Labute approximate surface area is 157 Å². The van der Waals surface area contributed by atoms with Gasteiger partial charge in [-0.25, -0.2) is 0 Å². The molecule has 0 aromatic carbocycles. The maximum Gasteiger partial charge on any atom is 0.238 e. The van der Waals surface area contributed by atoms with E-state index in [9.17, 15) is 4.79 Å². The van der Waals surface area contributed by atoms with Crippen LogP contribution >= 0.6 is 0 Å². The van der Waals surface area contributed by atoms with Crippen molar-refractivity contribution in [3.05, 3.63) is 60.2 Å². The minimum Gasteiger partial charge on any atom is -0.458 e. The summed E-state index contributed by atoms with van der Waals surface area (Å²) in [6.45, 7) is 3.45. The third kappa shape index (κ3) is 4.42. The lowest BCUT2D eigenvalue weighted by atomic mass is 10.2. The van der Waals surface area contributed by atoms with E-state index in [1.165, 1.54) is 0 Å². The van der Waals surface area contributed by atoms with Crippen LogP contribution in [0.5, 0.6) is 0 Å². The summed E-state index contributed by atoms with van der Waals surface area (Å²) in [4.78, 5) is 18.7. The molecule has 0 saturated carbocycles. The van der Waals surface area contributed by atoms with Crippen molar-refractivity contribution in [1.82, 2.24) is 30.7 Å². The largest absolute Gasteiger partial charge is 0.458 e. The first-order valence-electron chi connectivity index (χ1n) is 8.99. The van der Waals surface area contributed by atoms with Crippen molar-refractivity contribution in [2.24, 2.45) is 0 Å². The number of amides is 1. The molecule has 3 aromatic rings. The van der Waals surface area contributed by atoms with Gasteiger partial charge in [-0.05, 0) is 35.9 Å². The molecule has 0 radical (unpaired) electrons. The fraction of sp³-hybridized carbons (Fsp3) is 0.316. The summed E-state index contributed by atoms with van der Waals surface area (Å²) < 4.78 is 5.89. The van der Waals surface area contributed by atoms with Crippen molar-refractivity contribution < 1.29 is 9.21 Å². The molecule has 1 fully saturated rings. The molecular formula is C19H22N6O2. The SMILES string of the molecule is O=C(NCc1ccncc1)[C@H]1CN(Cc2ccc(-c3ccn[nH]3)o2)CCN1. The topological polar surface area (TPSA) is 99.1 Å². The predicted molar refractivity (Wildman–Crippen MR) is 99.4 cm³/mol. The van der Waals surface area contributed by atoms with Crippen LogP contribution in [0.2, 0.25) is 0 Å². The van der Waals surface area contributed by atoms with E-state index in [2.05, 4.69) is 30.7 Å². The number of aromatic amines is 1. The van der Waals surface area contributed by atoms with Crippen LogP contribution in [0.3, 0.4) is 0 Å². The molecule has 1 aliphatic heterocycles. The fourth-order valence-corrected chi connectivity index (χ4v) is 3.16. The molecule has 3 N–H and O–H groups in total. The number of H-pyrrole nitrogens is 1. The van der Waals surface area contributed by atoms with Crippen molar-refractivity contribution in [3.63, 3.8) is 0 Å². The molecule has 0 aliphatic carbocycles. The molecule has 0 bridgehead atoms. The third-order valence-corrected chi connectivity index (χ3v) is 4.60. The van der Waals surface area contributed by atoms with Gasteiger partial charge in [0.15, 0.2) is 5.76 Å². The average molecular weight is 366 g/mol. The number of carbonyl (C=O) groups excluding carboxylic acids is 1. The lowest BCUT2D eigenvalue weighted by Gasteiger charge is -2.32. The lowest BCUT2D eigenvalue weighted by molar-refractivity contribution is -0.124. The van der Waals surface area contributed by atoms with E-state index in [1.54, 1.807) is 18.6 Å². The Bertz CT molecular complexity index is 861. The minimum absolute atomic E-state index is 0.00843. The number of nitrogens with zero attached hydrogens (tertiary/aromatic N) is 3. The highest BCUT2D eigenvalue weighted by atomic mass is 16.3. The highest BCUT2D eigenvalue weighted by Crippen LogP contribution is 2.20. The summed E-state index contributed by atoms with van der Waals surface area (Å²) in [5.41, 5.74) is 1.89. The zero-order valence-electron chi connectivity index (χ0n) is 14.9. The van der Waals surface area contributed by atoms with Gasteiger partial charge < -0.3 is 15.1 Å². The maximum absolute atomic E-state index is 12.5. The Morgan fingerprint density at radius 1 is 1.22 bits per heavy atom. The van der Waals surface area contributed by atoms with Crippen molar-refractivity contribution in [2.75, 3.05) is 19.6 Å². The molecule has 27 heavy (non-hydrogen) atoms. The second-order valence-electron chi connectivity index (χ2n) is 6.55. The quantitative estimate of drug-likeness (QED) is 0.605. The van der Waals surface area contributed by atoms with E-state index in [0.717, 1.165) is 35.9 Å². The number of nitrogens with one attached hydrogen (secondary N) is 3. The molecule has 0 unspecified atom stereocenters. The van der Waals surface area contributed by atoms with Gasteiger partial charge >= 0.3 is 0 Å². The number of carbonyl (C=O) groups is 1. The van der Waals surface area contributed by atoms with Crippen molar-refractivity contribution in [2.45, 2.75) is 19.1 Å². The summed E-state index contributed by atoms with van der Waals surface area (Å²) in [7, 11) is 0. The summed E-state index contributed by atoms with van der Waals surface area (Å²) >= 11 is 0. The number of furan rings is 1. The van der Waals surface area contributed by atoms with E-state index >= 15 is 0 Å². The van der Waals surface area contributed by atoms with Crippen LogP contribution in [0, 0.1) is 0 Å². The van der Waals surface area contributed by atoms with E-state index in [1.807, 2.05) is 30.3 Å². The van der Waals surface area contributed by atoms with Gasteiger partial charge in [-0.3, -0.25) is 19.8 Å². The second kappa shape index (κ2) is 8.15. The van der Waals surface area contributed by atoms with Gasteiger partial charge in [-0.2, -0.15) is 5.10 Å². The van der Waals surface area contributed by atoms with Crippen LogP contribution < -0.4 is 10.6 Å². The minimum atomic E-state index is -0.234. The number of aromatic nitrogens is 3. The molecule has 140 valence electrons. The van der Waals surface area contributed by atoms with E-state index in [4.69, 9.17) is 4.42 Å². The zero-order valence-corrected chi connectivity index (χ0v) is 14.9. The van der Waals surface area contributed by atoms with Crippen LogP contribution in [0.15, 0.2) is 53.3 Å². The van der Waals surface area contributed by atoms with Crippen LogP contribution in [0.1, 0.15) is 11.3 Å². The van der Waals surface area contributed by atoms with Crippen molar-refractivity contribution in [1.29, 1.82) is 0 Å². The summed E-state index contributed by atoms with van der Waals surface area (Å²) in [5.74, 6) is 1.65. The van der Waals surface area contributed by atoms with Crippen LogP contribution in [0.4, 0.5) is 0 Å². The monoisotopic (exact) mass is 366 g/mol. The number of rotatable bonds is 6. The molecule has 1 aliphatic rings. The van der Waals surface area contributed by atoms with Gasteiger partial charge in [0.05, 0.1) is 12.6 Å². The molecule has 3 aromatic heterocycles. The molecule has 4 rings (SSSR count). The number of piperazine rings is 1. The standard InChI is InChI=1S/C19H22N6O2/c26-19(22-11-14-3-6-20-7-4-14)17-13-25(10-9-21-17)12-15-1-2-18(27-15)16-5-8-23-24-16/h1-8,17,21H,9-13H2,(H,22,26)(H,23,24)/t17-/m1/s1. The Kier molecular flexibility index (Phi) is 5.27. The normalized spacial score (nSPS) is 17.7. The second-order valence-corrected chi connectivity index (χ2v) is 6.55. The first kappa shape index (κ1) is 17.4. The van der Waals surface area contributed by atoms with Gasteiger partial charge in [-0.1, -0.05) is 0 Å². The first-order valence-corrected chi connectivity index (χ1v) is 8.99. The predicted octanol–water partition coefficient (Wildman–Crippen LogP) is 1.15. The first-order chi connectivity index (χ1) is 13.3. The van der Waals surface area contributed by atoms with Crippen molar-refractivity contribution in [3.8, 4) is 11.5 Å². The van der Waals surface area contributed by atoms with E-state index in [-0.39, 0.29) is 11.9 Å². The Hall–Kier alpha value is -2.97. The molecule has 1 saturated heterocycles. The molecule has 4 heterocycles. The van der Waals surface area contributed by atoms with E-state index < -0.39 is 0 Å². The summed E-state index contributed by atoms with van der Waals surface area (Å²) in [6, 6.07) is 9.34. The van der Waals surface area contributed by atoms with Gasteiger partial charge in [-0.15, -0.1) is 0 Å². The molecule has 8 nitrogen and oxygen atoms in total. The molecule has 1 amide bonds. The van der Waals surface area contributed by atoms with Gasteiger partial charge in [0, 0.05) is 44.8 Å². The summed E-state index contributed by atoms with van der Waals surface area (Å²) in [6.07, 6.45) is 5.15. The van der Waals surface area contributed by atoms with E-state index in [0.29, 0.717) is 19.6 Å². The number of hydrogen-bond acceptors (Lipinski definition) is 6. The van der Waals surface area contributed by atoms with Crippen LogP contribution in [0.25, 0.3) is 11.5 Å². The highest BCUT2D eigenvalue weighted by molar-refractivity contribution is 5.82. The van der Waals surface area contributed by atoms with Crippen molar-refractivity contribution >= 4 is 5.91 Å². The summed E-state index contributed by atoms with van der Waals surface area (Å²) in [5, 5.41) is 13.1. The lowest BCUT2D eigenvalue weighted by Crippen LogP contribution is -2.56. The third-order valence-electron chi connectivity index (χ3n) is 4.60. The number of pyridine rings is 1. The Morgan fingerprint density at radius 2 is 2.11 bits per heavy atom. The molecular weight excluding hydrogens is 344 g/mol. The maximum atomic E-state index is 12.5. The van der Waals surface area contributed by atoms with Crippen LogP contribution in [-0.2, 0) is 17.9 Å². The van der Waals surface area contributed by atoms with Gasteiger partial charge in [0.2, 0.25) is 5.91 Å². The Morgan fingerprint density at radius 3 is 2.93 bits per heavy atom. The average Bonchev–Trinajstić information content (AvgIpc) is 3.39. The van der Waals surface area contributed by atoms with Gasteiger partial charge in [0.1, 0.15) is 11.5 Å². The highest BCUT2D eigenvalue weighted by Gasteiger charge is 2.25. The van der Waals surface area contributed by atoms with Crippen LogP contribution in [-0.4, -0.2) is 51.7 Å². The molecule has 0 spiro atoms. The van der Waals surface area contributed by atoms with Gasteiger partial charge in [0.25, 0.3) is 0 Å². The molecule has 1 atom stereocenters. The number of hydrogen-bond donors (Lipinski definition) is 3. The fourth-order valence-electron chi connectivity index (χ4n) is 3.16. The smallest absolute Gasteiger partial charge is 0.238 e. The Balaban J connectivity index is 1.31.